The summed E-state index contributed by atoms with van der Waals surface area (Å²) in [7, 11) is 0. The molecule has 84 valence electrons. The molecule has 3 aliphatic rings. The van der Waals surface area contributed by atoms with Gasteiger partial charge in [-0.25, -0.2) is 0 Å². The molecule has 1 N–H and O–H groups in total. The molecule has 0 aromatic rings. The predicted octanol–water partition coefficient (Wildman–Crippen LogP) is 1.34. The lowest BCUT2D eigenvalue weighted by molar-refractivity contribution is -0.130. The van der Waals surface area contributed by atoms with Crippen molar-refractivity contribution >= 4 is 5.91 Å². The van der Waals surface area contributed by atoms with Gasteiger partial charge in [-0.2, -0.15) is 0 Å². The highest BCUT2D eigenvalue weighted by Crippen LogP contribution is 2.53. The van der Waals surface area contributed by atoms with E-state index in [2.05, 4.69) is 31.0 Å². The van der Waals surface area contributed by atoms with Gasteiger partial charge in [0.2, 0.25) is 5.91 Å². The van der Waals surface area contributed by atoms with E-state index < -0.39 is 0 Å². The Kier molecular flexibility index (Phi) is 1.65. The summed E-state index contributed by atoms with van der Waals surface area (Å²) < 4.78 is 0. The topological polar surface area (TPSA) is 32.3 Å². The van der Waals surface area contributed by atoms with Crippen LogP contribution < -0.4 is 5.32 Å². The van der Waals surface area contributed by atoms with Crippen molar-refractivity contribution in [3.05, 3.63) is 0 Å². The van der Waals surface area contributed by atoms with Gasteiger partial charge in [0.05, 0.1) is 11.7 Å². The SMILES string of the molecule is CC1NC2(CC2)C(=O)N1CC1CC1(C)C. The molecule has 0 aromatic carbocycles. The highest BCUT2D eigenvalue weighted by atomic mass is 16.2. The fourth-order valence-electron chi connectivity index (χ4n) is 2.84. The molecule has 3 nitrogen and oxygen atoms in total. The first-order valence-corrected chi connectivity index (χ1v) is 6.03. The highest BCUT2D eigenvalue weighted by molar-refractivity contribution is 5.91. The molecule has 1 saturated heterocycles. The van der Waals surface area contributed by atoms with Crippen molar-refractivity contribution in [3.63, 3.8) is 0 Å². The number of nitrogens with zero attached hydrogens (tertiary/aromatic N) is 1. The fourth-order valence-corrected chi connectivity index (χ4v) is 2.84. The average Bonchev–Trinajstić information content (AvgIpc) is 2.99. The van der Waals surface area contributed by atoms with Crippen LogP contribution in [0.3, 0.4) is 0 Å². The first-order valence-electron chi connectivity index (χ1n) is 6.03. The van der Waals surface area contributed by atoms with Crippen LogP contribution >= 0.6 is 0 Å². The maximum absolute atomic E-state index is 12.1. The van der Waals surface area contributed by atoms with E-state index in [1.54, 1.807) is 0 Å². The van der Waals surface area contributed by atoms with Gasteiger partial charge in [-0.1, -0.05) is 13.8 Å². The smallest absolute Gasteiger partial charge is 0.244 e. The van der Waals surface area contributed by atoms with E-state index in [1.165, 1.54) is 6.42 Å². The van der Waals surface area contributed by atoms with Gasteiger partial charge in [-0.15, -0.1) is 0 Å². The molecule has 3 rings (SSSR count). The van der Waals surface area contributed by atoms with Gasteiger partial charge in [-0.05, 0) is 37.5 Å². The van der Waals surface area contributed by atoms with Crippen LogP contribution in [0, 0.1) is 11.3 Å². The lowest BCUT2D eigenvalue weighted by Gasteiger charge is -2.21. The summed E-state index contributed by atoms with van der Waals surface area (Å²) >= 11 is 0. The molecule has 2 aliphatic carbocycles. The van der Waals surface area contributed by atoms with E-state index in [0.29, 0.717) is 11.3 Å². The first-order chi connectivity index (χ1) is 6.95. The number of carbonyl (C=O) groups is 1. The summed E-state index contributed by atoms with van der Waals surface area (Å²) in [5, 5.41) is 3.44. The summed E-state index contributed by atoms with van der Waals surface area (Å²) in [6.45, 7) is 7.66. The monoisotopic (exact) mass is 208 g/mol. The molecule has 3 fully saturated rings. The molecular formula is C12H20N2O. The first kappa shape index (κ1) is 9.64. The van der Waals surface area contributed by atoms with Gasteiger partial charge in [0.25, 0.3) is 0 Å². The van der Waals surface area contributed by atoms with Gasteiger partial charge >= 0.3 is 0 Å². The van der Waals surface area contributed by atoms with Crippen LogP contribution in [0.25, 0.3) is 0 Å². The Morgan fingerprint density at radius 2 is 2.07 bits per heavy atom. The van der Waals surface area contributed by atoms with Crippen LogP contribution in [0.5, 0.6) is 0 Å². The summed E-state index contributed by atoms with van der Waals surface area (Å²) in [4.78, 5) is 14.2. The van der Waals surface area contributed by atoms with Crippen LogP contribution in [0.1, 0.15) is 40.0 Å². The minimum absolute atomic E-state index is 0.127. The van der Waals surface area contributed by atoms with Gasteiger partial charge < -0.3 is 4.90 Å². The van der Waals surface area contributed by atoms with Crippen LogP contribution in [-0.2, 0) is 4.79 Å². The zero-order valence-electron chi connectivity index (χ0n) is 9.84. The number of rotatable bonds is 2. The summed E-state index contributed by atoms with van der Waals surface area (Å²) in [6, 6.07) is 0. The van der Waals surface area contributed by atoms with Crippen LogP contribution in [0.4, 0.5) is 0 Å². The lowest BCUT2D eigenvalue weighted by atomic mass is 10.1. The fraction of sp³-hybridized carbons (Fsp3) is 0.917. The molecule has 15 heavy (non-hydrogen) atoms. The Bertz CT molecular complexity index is 320. The second kappa shape index (κ2) is 2.57. The maximum Gasteiger partial charge on any atom is 0.244 e. The predicted molar refractivity (Wildman–Crippen MR) is 58.2 cm³/mol. The van der Waals surface area contributed by atoms with Crippen molar-refractivity contribution in [2.45, 2.75) is 51.7 Å². The van der Waals surface area contributed by atoms with E-state index in [4.69, 9.17) is 0 Å². The third-order valence-electron chi connectivity index (χ3n) is 4.51. The van der Waals surface area contributed by atoms with Crippen LogP contribution in [0.2, 0.25) is 0 Å². The zero-order chi connectivity index (χ0) is 10.8. The Labute approximate surface area is 91.2 Å². The van der Waals surface area contributed by atoms with Crippen molar-refractivity contribution in [3.8, 4) is 0 Å². The number of hydrogen-bond acceptors (Lipinski definition) is 2. The third kappa shape index (κ3) is 1.32. The van der Waals surface area contributed by atoms with Crippen molar-refractivity contribution in [2.24, 2.45) is 11.3 Å². The number of carbonyl (C=O) groups excluding carboxylic acids is 1. The van der Waals surface area contributed by atoms with Crippen molar-refractivity contribution in [1.82, 2.24) is 10.2 Å². The molecule has 2 atom stereocenters. The van der Waals surface area contributed by atoms with E-state index in [-0.39, 0.29) is 11.7 Å². The molecule has 0 aromatic heterocycles. The quantitative estimate of drug-likeness (QED) is 0.743. The molecule has 2 unspecified atom stereocenters. The number of amides is 1. The highest BCUT2D eigenvalue weighted by Gasteiger charge is 2.59. The van der Waals surface area contributed by atoms with Gasteiger partial charge in [0.1, 0.15) is 0 Å². The van der Waals surface area contributed by atoms with E-state index in [0.717, 1.165) is 25.3 Å². The number of nitrogens with one attached hydrogen (secondary N) is 1. The third-order valence-corrected chi connectivity index (χ3v) is 4.51. The summed E-state index contributed by atoms with van der Waals surface area (Å²) in [5.41, 5.74) is 0.345. The number of hydrogen-bond donors (Lipinski definition) is 1. The molecule has 0 bridgehead atoms. The van der Waals surface area contributed by atoms with E-state index >= 15 is 0 Å². The van der Waals surface area contributed by atoms with Gasteiger partial charge in [0, 0.05) is 6.54 Å². The van der Waals surface area contributed by atoms with Crippen LogP contribution in [-0.4, -0.2) is 29.1 Å². The van der Waals surface area contributed by atoms with Crippen molar-refractivity contribution in [1.29, 1.82) is 0 Å². The summed E-state index contributed by atoms with van der Waals surface area (Å²) in [6.07, 6.45) is 3.61. The zero-order valence-corrected chi connectivity index (χ0v) is 9.84. The van der Waals surface area contributed by atoms with Crippen molar-refractivity contribution in [2.75, 3.05) is 6.54 Å². The Morgan fingerprint density at radius 3 is 2.47 bits per heavy atom. The normalized spacial score (nSPS) is 39.9. The standard InChI is InChI=1S/C12H20N2O/c1-8-13-12(4-5-12)10(15)14(8)7-9-6-11(9,2)3/h8-9,13H,4-7H2,1-3H3. The molecule has 1 aliphatic heterocycles. The molecule has 1 amide bonds. The molecule has 3 heteroatoms. The summed E-state index contributed by atoms with van der Waals surface area (Å²) in [5.74, 6) is 1.08. The Morgan fingerprint density at radius 1 is 1.47 bits per heavy atom. The molecule has 1 spiro atoms. The van der Waals surface area contributed by atoms with Gasteiger partial charge in [0.15, 0.2) is 0 Å². The second-order valence-corrected chi connectivity index (χ2v) is 6.25. The Balaban J connectivity index is 1.69. The molecule has 1 heterocycles. The minimum Gasteiger partial charge on any atom is -0.326 e. The Hall–Kier alpha value is -0.570. The molecule has 2 saturated carbocycles. The minimum atomic E-state index is -0.127. The molecule has 0 radical (unpaired) electrons. The average molecular weight is 208 g/mol. The lowest BCUT2D eigenvalue weighted by Crippen LogP contribution is -2.36. The maximum atomic E-state index is 12.1. The van der Waals surface area contributed by atoms with E-state index in [9.17, 15) is 4.79 Å². The largest absolute Gasteiger partial charge is 0.326 e. The van der Waals surface area contributed by atoms with Crippen LogP contribution in [0.15, 0.2) is 0 Å². The van der Waals surface area contributed by atoms with Crippen molar-refractivity contribution < 1.29 is 4.79 Å². The second-order valence-electron chi connectivity index (χ2n) is 6.25. The molecular weight excluding hydrogens is 188 g/mol. The van der Waals surface area contributed by atoms with E-state index in [1.807, 2.05) is 0 Å². The van der Waals surface area contributed by atoms with Gasteiger partial charge in [-0.3, -0.25) is 10.1 Å².